The van der Waals surface area contributed by atoms with Gasteiger partial charge in [0.05, 0.1) is 0 Å². The van der Waals surface area contributed by atoms with Gasteiger partial charge in [-0.05, 0) is 52.7 Å². The topological polar surface area (TPSA) is 37.3 Å². The number of phenolic OH excluding ortho intramolecular Hbond substituents is 1. The van der Waals surface area contributed by atoms with Crippen LogP contribution >= 0.6 is 0 Å². The highest BCUT2D eigenvalue weighted by Gasteiger charge is 2.58. The van der Waals surface area contributed by atoms with Crippen LogP contribution in [-0.4, -0.2) is 10.9 Å². The van der Waals surface area contributed by atoms with Gasteiger partial charge in [0.15, 0.2) is 0 Å². The molecule has 0 amide bonds. The molecule has 26 heavy (non-hydrogen) atoms. The van der Waals surface area contributed by atoms with Crippen LogP contribution in [0.25, 0.3) is 0 Å². The number of aromatic hydroxyl groups is 1. The van der Waals surface area contributed by atoms with E-state index >= 15 is 0 Å². The van der Waals surface area contributed by atoms with Crippen molar-refractivity contribution in [3.05, 3.63) is 29.3 Å². The third kappa shape index (κ3) is 3.32. The maximum Gasteiger partial charge on any atom is 0.137 e. The lowest BCUT2D eigenvalue weighted by atomic mass is 9.44. The summed E-state index contributed by atoms with van der Waals surface area (Å²) in [5, 5.41) is 10.8. The molecule has 1 aromatic carbocycles. The number of fused-ring (bicyclic) bond motifs is 2. The molecule has 0 heterocycles. The van der Waals surface area contributed by atoms with Crippen LogP contribution in [0.15, 0.2) is 18.2 Å². The summed E-state index contributed by atoms with van der Waals surface area (Å²) in [6, 6.07) is 6.26. The minimum atomic E-state index is 0.0764. The molecule has 1 N–H and O–H groups in total. The van der Waals surface area contributed by atoms with Gasteiger partial charge in [-0.3, -0.25) is 4.79 Å². The number of ketones is 1. The maximum atomic E-state index is 12.5. The van der Waals surface area contributed by atoms with Gasteiger partial charge in [-0.2, -0.15) is 0 Å². The number of hydrogen-bond donors (Lipinski definition) is 1. The van der Waals surface area contributed by atoms with Crippen LogP contribution in [0.1, 0.15) is 96.6 Å². The smallest absolute Gasteiger partial charge is 0.137 e. The molecular formula is C24H36O2. The second-order valence-electron chi connectivity index (χ2n) is 9.96. The Morgan fingerprint density at radius 2 is 1.92 bits per heavy atom. The third-order valence-corrected chi connectivity index (χ3v) is 7.51. The van der Waals surface area contributed by atoms with Gasteiger partial charge in [-0.25, -0.2) is 0 Å². The maximum absolute atomic E-state index is 12.5. The molecule has 3 aliphatic rings. The Morgan fingerprint density at radius 1 is 1.19 bits per heavy atom. The first kappa shape index (κ1) is 19.5. The Kier molecular flexibility index (Phi) is 5.25. The SMILES string of the molecule is CCCCCCC(C)(C)c1ccc([C@H]2CC(=O)C3C[C@@H]2C3(C)C)c(O)c1. The molecule has 3 fully saturated rings. The second-order valence-corrected chi connectivity index (χ2v) is 9.96. The van der Waals surface area contributed by atoms with Crippen LogP contribution < -0.4 is 0 Å². The molecule has 1 aromatic rings. The van der Waals surface area contributed by atoms with Gasteiger partial charge in [-0.15, -0.1) is 0 Å². The molecule has 2 heteroatoms. The summed E-state index contributed by atoms with van der Waals surface area (Å²) < 4.78 is 0. The second kappa shape index (κ2) is 7.02. The van der Waals surface area contributed by atoms with Crippen molar-refractivity contribution in [3.63, 3.8) is 0 Å². The highest BCUT2D eigenvalue weighted by Crippen LogP contribution is 2.63. The molecule has 0 aromatic heterocycles. The van der Waals surface area contributed by atoms with Crippen molar-refractivity contribution < 1.29 is 9.90 Å². The molecule has 0 saturated heterocycles. The fraction of sp³-hybridized carbons (Fsp3) is 0.708. The van der Waals surface area contributed by atoms with E-state index in [-0.39, 0.29) is 22.7 Å². The van der Waals surface area contributed by atoms with Crippen molar-refractivity contribution in [2.45, 2.75) is 90.9 Å². The van der Waals surface area contributed by atoms with E-state index in [2.05, 4.69) is 46.8 Å². The lowest BCUT2D eigenvalue weighted by Crippen LogP contribution is -2.56. The Hall–Kier alpha value is -1.31. The van der Waals surface area contributed by atoms with Gasteiger partial charge in [0.2, 0.25) is 0 Å². The molecule has 0 aliphatic heterocycles. The van der Waals surface area contributed by atoms with Crippen LogP contribution in [0.4, 0.5) is 0 Å². The van der Waals surface area contributed by atoms with Crippen molar-refractivity contribution in [1.82, 2.24) is 0 Å². The minimum Gasteiger partial charge on any atom is -0.508 e. The van der Waals surface area contributed by atoms with E-state index in [1.165, 1.54) is 31.2 Å². The lowest BCUT2D eigenvalue weighted by Gasteiger charge is -2.59. The number of benzene rings is 1. The summed E-state index contributed by atoms with van der Waals surface area (Å²) in [5.74, 6) is 1.73. The van der Waals surface area contributed by atoms with E-state index in [4.69, 9.17) is 0 Å². The van der Waals surface area contributed by atoms with Gasteiger partial charge in [0.1, 0.15) is 11.5 Å². The average molecular weight is 357 g/mol. The van der Waals surface area contributed by atoms with Gasteiger partial charge in [0, 0.05) is 12.3 Å². The summed E-state index contributed by atoms with van der Waals surface area (Å²) in [6.45, 7) is 11.2. The molecule has 1 unspecified atom stereocenters. The number of carbonyl (C=O) groups excluding carboxylic acids is 1. The van der Waals surface area contributed by atoms with Crippen molar-refractivity contribution >= 4 is 5.78 Å². The Balaban J connectivity index is 1.76. The molecule has 3 aliphatic carbocycles. The first-order chi connectivity index (χ1) is 12.2. The van der Waals surface area contributed by atoms with Crippen LogP contribution in [-0.2, 0) is 10.2 Å². The van der Waals surface area contributed by atoms with Gasteiger partial charge < -0.3 is 5.11 Å². The predicted octanol–water partition coefficient (Wildman–Crippen LogP) is 6.36. The normalized spacial score (nSPS) is 27.3. The molecule has 0 radical (unpaired) electrons. The highest BCUT2D eigenvalue weighted by molar-refractivity contribution is 5.86. The van der Waals surface area contributed by atoms with Crippen molar-refractivity contribution in [2.24, 2.45) is 17.3 Å². The number of carbonyl (C=O) groups is 1. The number of rotatable bonds is 7. The van der Waals surface area contributed by atoms with E-state index in [0.29, 0.717) is 23.9 Å². The summed E-state index contributed by atoms with van der Waals surface area (Å²) in [7, 11) is 0. The Labute approximate surface area is 159 Å². The highest BCUT2D eigenvalue weighted by atomic mass is 16.3. The molecule has 3 atom stereocenters. The summed E-state index contributed by atoms with van der Waals surface area (Å²) in [6.07, 6.45) is 7.82. The molecule has 2 nitrogen and oxygen atoms in total. The first-order valence-corrected chi connectivity index (χ1v) is 10.5. The monoisotopic (exact) mass is 356 g/mol. The number of unbranched alkanes of at least 4 members (excludes halogenated alkanes) is 3. The van der Waals surface area contributed by atoms with E-state index in [1.54, 1.807) is 0 Å². The van der Waals surface area contributed by atoms with Gasteiger partial charge in [0.25, 0.3) is 0 Å². The largest absolute Gasteiger partial charge is 0.508 e. The number of hydrogen-bond acceptors (Lipinski definition) is 2. The van der Waals surface area contributed by atoms with E-state index in [0.717, 1.165) is 18.4 Å². The molecule has 4 rings (SSSR count). The zero-order chi connectivity index (χ0) is 19.1. The summed E-state index contributed by atoms with van der Waals surface area (Å²) in [4.78, 5) is 12.5. The van der Waals surface area contributed by atoms with Gasteiger partial charge >= 0.3 is 0 Å². The summed E-state index contributed by atoms with van der Waals surface area (Å²) in [5.41, 5.74) is 2.36. The standard InChI is InChI=1S/C24H36O2/c1-6-7-8-9-12-23(2,3)16-10-11-17(21(25)13-16)18-14-22(26)20-15-19(18)24(20,4)5/h10-11,13,18-20,25H,6-9,12,14-15H2,1-5H3/t18-,19+,20?/m1/s1. The Morgan fingerprint density at radius 3 is 2.50 bits per heavy atom. The number of Topliss-reactive ketones (excluding diaryl/α,β-unsaturated/α-hetero) is 1. The van der Waals surface area contributed by atoms with E-state index in [1.807, 2.05) is 6.07 Å². The molecule has 0 spiro atoms. The van der Waals surface area contributed by atoms with Crippen LogP contribution in [0.2, 0.25) is 0 Å². The quantitative estimate of drug-likeness (QED) is 0.577. The van der Waals surface area contributed by atoms with E-state index < -0.39 is 0 Å². The van der Waals surface area contributed by atoms with Crippen molar-refractivity contribution in [3.8, 4) is 5.75 Å². The average Bonchev–Trinajstić information content (AvgIpc) is 2.57. The molecule has 3 saturated carbocycles. The third-order valence-electron chi connectivity index (χ3n) is 7.51. The lowest BCUT2D eigenvalue weighted by molar-refractivity contribution is -0.151. The Bertz CT molecular complexity index is 671. The zero-order valence-electron chi connectivity index (χ0n) is 17.3. The zero-order valence-corrected chi connectivity index (χ0v) is 17.3. The van der Waals surface area contributed by atoms with Crippen LogP contribution in [0.5, 0.6) is 5.75 Å². The fourth-order valence-corrected chi connectivity index (χ4v) is 5.43. The fourth-order valence-electron chi connectivity index (χ4n) is 5.43. The van der Waals surface area contributed by atoms with Gasteiger partial charge in [-0.1, -0.05) is 72.4 Å². The molecule has 2 bridgehead atoms. The number of phenols is 1. The predicted molar refractivity (Wildman–Crippen MR) is 108 cm³/mol. The van der Waals surface area contributed by atoms with Crippen molar-refractivity contribution in [1.29, 1.82) is 0 Å². The summed E-state index contributed by atoms with van der Waals surface area (Å²) >= 11 is 0. The van der Waals surface area contributed by atoms with Crippen molar-refractivity contribution in [2.75, 3.05) is 0 Å². The van der Waals surface area contributed by atoms with E-state index in [9.17, 15) is 9.90 Å². The van der Waals surface area contributed by atoms with Crippen LogP contribution in [0, 0.1) is 17.3 Å². The van der Waals surface area contributed by atoms with Crippen LogP contribution in [0.3, 0.4) is 0 Å². The first-order valence-electron chi connectivity index (χ1n) is 10.5. The molecule has 144 valence electrons. The minimum absolute atomic E-state index is 0.0764. The molecular weight excluding hydrogens is 320 g/mol.